The van der Waals surface area contributed by atoms with E-state index in [1.165, 1.54) is 22.7 Å². The molecule has 2 aliphatic rings. The number of amides is 1. The molecule has 184 valence electrons. The van der Waals surface area contributed by atoms with Gasteiger partial charge in [0.2, 0.25) is 11.5 Å². The second-order valence-electron chi connectivity index (χ2n) is 9.51. The molecule has 0 spiro atoms. The van der Waals surface area contributed by atoms with Crippen molar-refractivity contribution in [2.45, 2.75) is 43.6 Å². The van der Waals surface area contributed by atoms with E-state index in [0.29, 0.717) is 28.8 Å². The van der Waals surface area contributed by atoms with Crippen LogP contribution in [0.1, 0.15) is 34.6 Å². The van der Waals surface area contributed by atoms with Crippen LogP contribution >= 0.6 is 22.7 Å². The lowest BCUT2D eigenvalue weighted by atomic mass is 9.96. The van der Waals surface area contributed by atoms with Gasteiger partial charge in [0.15, 0.2) is 0 Å². The molecule has 1 aromatic carbocycles. The van der Waals surface area contributed by atoms with E-state index in [0.717, 1.165) is 24.8 Å². The highest BCUT2D eigenvalue weighted by molar-refractivity contribution is 7.12. The summed E-state index contributed by atoms with van der Waals surface area (Å²) in [6.07, 6.45) is 2.54. The molecule has 3 aromatic rings. The maximum Gasteiger partial charge on any atom is 0.349 e. The molecular weight excluding hydrogens is 480 g/mol. The number of likely N-dealkylation sites (N-methyl/N-ethyl adjacent to an activating group) is 1. The zero-order valence-electron chi connectivity index (χ0n) is 19.6. The molecule has 2 bridgehead atoms. The van der Waals surface area contributed by atoms with Crippen LogP contribution in [0.5, 0.6) is 0 Å². The zero-order chi connectivity index (χ0) is 24.4. The smallest absolute Gasteiger partial charge is 0.349 e. The van der Waals surface area contributed by atoms with Crippen LogP contribution in [0.4, 0.5) is 0 Å². The fourth-order valence-corrected chi connectivity index (χ4v) is 7.47. The van der Waals surface area contributed by atoms with E-state index in [9.17, 15) is 14.7 Å². The summed E-state index contributed by atoms with van der Waals surface area (Å²) in [6, 6.07) is 17.3. The van der Waals surface area contributed by atoms with Gasteiger partial charge in [0.05, 0.1) is 16.3 Å². The van der Waals surface area contributed by atoms with Crippen LogP contribution in [0.25, 0.3) is 0 Å². The molecule has 2 saturated carbocycles. The van der Waals surface area contributed by atoms with E-state index in [4.69, 9.17) is 4.74 Å². The van der Waals surface area contributed by atoms with Gasteiger partial charge in [0.25, 0.3) is 0 Å². The molecule has 2 fully saturated rings. The van der Waals surface area contributed by atoms with Gasteiger partial charge in [0.1, 0.15) is 6.10 Å². The number of hydrogen-bond acceptors (Lipinski definition) is 7. The van der Waals surface area contributed by atoms with Gasteiger partial charge in [-0.05, 0) is 60.7 Å². The van der Waals surface area contributed by atoms with E-state index in [2.05, 4.69) is 10.2 Å². The SMILES string of the molecule is CN(CC(=O)NCc1ccccc1)C1C2CCC1C(OC(=O)C(O)(c1cccs1)c1cccs1)C2. The summed E-state index contributed by atoms with van der Waals surface area (Å²) < 4.78 is 6.05. The van der Waals surface area contributed by atoms with Crippen LogP contribution in [0.2, 0.25) is 0 Å². The van der Waals surface area contributed by atoms with Crippen LogP contribution in [-0.2, 0) is 26.5 Å². The van der Waals surface area contributed by atoms with Gasteiger partial charge < -0.3 is 15.2 Å². The lowest BCUT2D eigenvalue weighted by Crippen LogP contribution is -2.44. The molecule has 2 N–H and O–H groups in total. The van der Waals surface area contributed by atoms with Crippen molar-refractivity contribution >= 4 is 34.6 Å². The fourth-order valence-electron chi connectivity index (χ4n) is 5.75. The third-order valence-corrected chi connectivity index (χ3v) is 9.31. The molecule has 0 radical (unpaired) electrons. The number of esters is 1. The molecule has 2 aromatic heterocycles. The summed E-state index contributed by atoms with van der Waals surface area (Å²) in [4.78, 5) is 29.3. The van der Waals surface area contributed by atoms with E-state index >= 15 is 0 Å². The minimum absolute atomic E-state index is 0.0130. The summed E-state index contributed by atoms with van der Waals surface area (Å²) in [5, 5.41) is 18.3. The highest BCUT2D eigenvalue weighted by Gasteiger charge is 2.53. The highest BCUT2D eigenvalue weighted by atomic mass is 32.1. The Bertz CT molecular complexity index is 1100. The van der Waals surface area contributed by atoms with Crippen molar-refractivity contribution in [3.05, 3.63) is 80.7 Å². The molecule has 0 aliphatic heterocycles. The number of carbonyl (C=O) groups is 2. The van der Waals surface area contributed by atoms with Crippen LogP contribution in [0, 0.1) is 11.8 Å². The van der Waals surface area contributed by atoms with Crippen LogP contribution in [0.3, 0.4) is 0 Å². The minimum Gasteiger partial charge on any atom is -0.459 e. The molecular formula is C27H30N2O4S2. The molecule has 1 amide bonds. The monoisotopic (exact) mass is 510 g/mol. The summed E-state index contributed by atoms with van der Waals surface area (Å²) >= 11 is 2.70. The summed E-state index contributed by atoms with van der Waals surface area (Å²) in [6.45, 7) is 0.814. The number of thiophene rings is 2. The molecule has 2 heterocycles. The molecule has 5 rings (SSSR count). The summed E-state index contributed by atoms with van der Waals surface area (Å²) in [5.74, 6) is -0.0870. The topological polar surface area (TPSA) is 78.9 Å². The van der Waals surface area contributed by atoms with E-state index < -0.39 is 11.6 Å². The highest BCUT2D eigenvalue weighted by Crippen LogP contribution is 2.49. The number of benzene rings is 1. The number of nitrogens with zero attached hydrogens (tertiary/aromatic N) is 1. The molecule has 6 nitrogen and oxygen atoms in total. The summed E-state index contributed by atoms with van der Waals surface area (Å²) in [7, 11) is 1.98. The number of carbonyl (C=O) groups excluding carboxylic acids is 2. The van der Waals surface area contributed by atoms with Crippen molar-refractivity contribution in [3.63, 3.8) is 0 Å². The number of aliphatic hydroxyl groups is 1. The largest absolute Gasteiger partial charge is 0.459 e. The number of fused-ring (bicyclic) bond motifs is 2. The van der Waals surface area contributed by atoms with Crippen molar-refractivity contribution in [3.8, 4) is 0 Å². The Morgan fingerprint density at radius 2 is 1.74 bits per heavy atom. The first-order valence-corrected chi connectivity index (χ1v) is 13.7. The van der Waals surface area contributed by atoms with E-state index in [-0.39, 0.29) is 24.0 Å². The quantitative estimate of drug-likeness (QED) is 0.426. The molecule has 4 unspecified atom stereocenters. The van der Waals surface area contributed by atoms with Crippen LogP contribution in [0.15, 0.2) is 65.4 Å². The first-order valence-electron chi connectivity index (χ1n) is 12.0. The standard InChI is InChI=1S/C27H30N2O4S2/c1-29(17-24(30)28-16-18-7-3-2-4-8-18)25-19-11-12-20(25)21(15-19)33-26(31)27(32,22-9-5-13-34-22)23-10-6-14-35-23/h2-10,13-14,19-21,25,32H,11-12,15-17H2,1H3,(H,28,30). The first-order chi connectivity index (χ1) is 17.0. The second-order valence-corrected chi connectivity index (χ2v) is 11.4. The average Bonchev–Trinajstić information content (AvgIpc) is 3.67. The molecule has 4 atom stereocenters. The molecule has 35 heavy (non-hydrogen) atoms. The van der Waals surface area contributed by atoms with Gasteiger partial charge in [-0.25, -0.2) is 4.79 Å². The van der Waals surface area contributed by atoms with Crippen molar-refractivity contribution in [2.75, 3.05) is 13.6 Å². The normalized spacial score (nSPS) is 23.5. The molecule has 8 heteroatoms. The molecule has 2 aliphatic carbocycles. The predicted molar refractivity (Wildman–Crippen MR) is 137 cm³/mol. The lowest BCUT2D eigenvalue weighted by Gasteiger charge is -2.30. The van der Waals surface area contributed by atoms with Gasteiger partial charge in [-0.1, -0.05) is 42.5 Å². The Labute approximate surface area is 213 Å². The Kier molecular flexibility index (Phi) is 7.07. The Balaban J connectivity index is 1.23. The number of ether oxygens (including phenoxy) is 1. The van der Waals surface area contributed by atoms with Crippen LogP contribution < -0.4 is 5.32 Å². The van der Waals surface area contributed by atoms with Crippen LogP contribution in [-0.4, -0.2) is 47.6 Å². The van der Waals surface area contributed by atoms with Crippen molar-refractivity contribution < 1.29 is 19.4 Å². The van der Waals surface area contributed by atoms with E-state index in [1.54, 1.807) is 12.1 Å². The lowest BCUT2D eigenvalue weighted by molar-refractivity contribution is -0.170. The van der Waals surface area contributed by atoms with Crippen molar-refractivity contribution in [1.82, 2.24) is 10.2 Å². The number of rotatable bonds is 9. The number of hydrogen-bond donors (Lipinski definition) is 2. The minimum atomic E-state index is -1.79. The fraction of sp³-hybridized carbons (Fsp3) is 0.407. The maximum absolute atomic E-state index is 13.4. The van der Waals surface area contributed by atoms with Gasteiger partial charge in [-0.3, -0.25) is 9.69 Å². The maximum atomic E-state index is 13.4. The first kappa shape index (κ1) is 24.2. The zero-order valence-corrected chi connectivity index (χ0v) is 21.3. The third-order valence-electron chi connectivity index (χ3n) is 7.35. The average molecular weight is 511 g/mol. The van der Waals surface area contributed by atoms with Gasteiger partial charge in [-0.2, -0.15) is 0 Å². The third kappa shape index (κ3) is 4.80. The second kappa shape index (κ2) is 10.2. The Morgan fingerprint density at radius 1 is 1.06 bits per heavy atom. The Morgan fingerprint density at radius 3 is 2.37 bits per heavy atom. The van der Waals surface area contributed by atoms with Gasteiger partial charge >= 0.3 is 5.97 Å². The van der Waals surface area contributed by atoms with E-state index in [1.807, 2.05) is 60.3 Å². The Hall–Kier alpha value is -2.52. The van der Waals surface area contributed by atoms with Gasteiger partial charge in [0, 0.05) is 18.5 Å². The van der Waals surface area contributed by atoms with Crippen molar-refractivity contribution in [1.29, 1.82) is 0 Å². The summed E-state index contributed by atoms with van der Waals surface area (Å²) in [5.41, 5.74) is -0.719. The van der Waals surface area contributed by atoms with Crippen molar-refractivity contribution in [2.24, 2.45) is 11.8 Å². The predicted octanol–water partition coefficient (Wildman–Crippen LogP) is 4.00. The van der Waals surface area contributed by atoms with Gasteiger partial charge in [-0.15, -0.1) is 22.7 Å². The number of nitrogens with one attached hydrogen (secondary N) is 1. The molecule has 0 saturated heterocycles.